The fraction of sp³-hybridized carbons (Fsp3) is 0.818. The predicted octanol–water partition coefficient (Wildman–Crippen LogP) is 0.698. The van der Waals surface area contributed by atoms with E-state index >= 15 is 0 Å². The topological polar surface area (TPSA) is 95.5 Å². The van der Waals surface area contributed by atoms with Gasteiger partial charge in [-0.2, -0.15) is 0 Å². The summed E-state index contributed by atoms with van der Waals surface area (Å²) in [4.78, 5) is 22.0. The zero-order valence-corrected chi connectivity index (χ0v) is 11.9. The van der Waals surface area contributed by atoms with Crippen molar-refractivity contribution in [1.29, 1.82) is 0 Å². The van der Waals surface area contributed by atoms with E-state index in [0.29, 0.717) is 24.5 Å². The molecule has 18 heavy (non-hydrogen) atoms. The third kappa shape index (κ3) is 8.98. The van der Waals surface area contributed by atoms with Crippen LogP contribution in [0.25, 0.3) is 0 Å². The lowest BCUT2D eigenvalue weighted by atomic mass is 9.99. The van der Waals surface area contributed by atoms with E-state index in [1.54, 1.807) is 13.8 Å². The number of carbonyl (C=O) groups excluding carboxylic acids is 1. The number of hydrogen-bond acceptors (Lipinski definition) is 3. The molecule has 106 valence electrons. The van der Waals surface area contributed by atoms with Gasteiger partial charge in [-0.05, 0) is 20.3 Å². The number of amides is 2. The summed E-state index contributed by atoms with van der Waals surface area (Å²) < 4.78 is 11.1. The fourth-order valence-corrected chi connectivity index (χ4v) is 1.87. The van der Waals surface area contributed by atoms with Gasteiger partial charge in [-0.3, -0.25) is 9.00 Å². The SMILES string of the molecule is CCS(=O)CCNC(=O)NC(C)(C)CCC(=O)O. The van der Waals surface area contributed by atoms with Gasteiger partial charge in [0, 0.05) is 40.8 Å². The summed E-state index contributed by atoms with van der Waals surface area (Å²) in [6.45, 7) is 5.70. The van der Waals surface area contributed by atoms with Crippen LogP contribution in [0.2, 0.25) is 0 Å². The van der Waals surface area contributed by atoms with Crippen LogP contribution in [0.4, 0.5) is 4.79 Å². The molecule has 2 amide bonds. The zero-order chi connectivity index (χ0) is 14.2. The first-order valence-corrected chi connectivity index (χ1v) is 7.38. The Kier molecular flexibility index (Phi) is 7.58. The number of hydrogen-bond donors (Lipinski definition) is 3. The first-order valence-electron chi connectivity index (χ1n) is 5.89. The maximum absolute atomic E-state index is 11.5. The molecule has 7 heteroatoms. The van der Waals surface area contributed by atoms with Crippen LogP contribution in [0.5, 0.6) is 0 Å². The summed E-state index contributed by atoms with van der Waals surface area (Å²) in [5.41, 5.74) is -0.577. The minimum Gasteiger partial charge on any atom is -0.481 e. The summed E-state index contributed by atoms with van der Waals surface area (Å²) in [5, 5.41) is 13.9. The predicted molar refractivity (Wildman–Crippen MR) is 71.0 cm³/mol. The summed E-state index contributed by atoms with van der Waals surface area (Å²) in [6, 6.07) is -0.363. The number of carboxylic acids is 1. The van der Waals surface area contributed by atoms with Crippen molar-refractivity contribution in [2.75, 3.05) is 18.1 Å². The van der Waals surface area contributed by atoms with Gasteiger partial charge in [0.15, 0.2) is 0 Å². The minimum absolute atomic E-state index is 0.00707. The summed E-state index contributed by atoms with van der Waals surface area (Å²) in [6.07, 6.45) is 0.365. The molecule has 0 saturated heterocycles. The second kappa shape index (κ2) is 8.07. The van der Waals surface area contributed by atoms with Crippen molar-refractivity contribution in [2.45, 2.75) is 39.2 Å². The van der Waals surface area contributed by atoms with Crippen molar-refractivity contribution < 1.29 is 18.9 Å². The Morgan fingerprint density at radius 1 is 1.33 bits per heavy atom. The van der Waals surface area contributed by atoms with Crippen LogP contribution < -0.4 is 10.6 Å². The second-order valence-corrected chi connectivity index (χ2v) is 6.46. The Morgan fingerprint density at radius 3 is 2.44 bits per heavy atom. The van der Waals surface area contributed by atoms with Crippen LogP contribution in [0.15, 0.2) is 0 Å². The third-order valence-corrected chi connectivity index (χ3v) is 3.66. The smallest absolute Gasteiger partial charge is 0.315 e. The second-order valence-electron chi connectivity index (χ2n) is 4.59. The van der Waals surface area contributed by atoms with E-state index in [0.717, 1.165) is 0 Å². The summed E-state index contributed by atoms with van der Waals surface area (Å²) >= 11 is 0. The number of nitrogens with one attached hydrogen (secondary N) is 2. The lowest BCUT2D eigenvalue weighted by molar-refractivity contribution is -0.137. The summed E-state index contributed by atoms with van der Waals surface area (Å²) in [5.74, 6) is 0.121. The standard InChI is InChI=1S/C11H22N2O4S/c1-4-18(17)8-7-12-10(16)13-11(2,3)6-5-9(14)15/h4-8H2,1-3H3,(H,14,15)(H2,12,13,16). The number of carbonyl (C=O) groups is 2. The Labute approximate surface area is 110 Å². The highest BCUT2D eigenvalue weighted by molar-refractivity contribution is 7.84. The number of urea groups is 1. The van der Waals surface area contributed by atoms with Crippen molar-refractivity contribution in [3.63, 3.8) is 0 Å². The van der Waals surface area contributed by atoms with Crippen molar-refractivity contribution in [2.24, 2.45) is 0 Å². The van der Waals surface area contributed by atoms with Gasteiger partial charge in [0.25, 0.3) is 0 Å². The van der Waals surface area contributed by atoms with Gasteiger partial charge >= 0.3 is 12.0 Å². The Morgan fingerprint density at radius 2 is 1.94 bits per heavy atom. The lowest BCUT2D eigenvalue weighted by Gasteiger charge is -2.25. The van der Waals surface area contributed by atoms with E-state index < -0.39 is 22.3 Å². The van der Waals surface area contributed by atoms with Crippen LogP contribution in [-0.2, 0) is 15.6 Å². The van der Waals surface area contributed by atoms with E-state index in [4.69, 9.17) is 5.11 Å². The Hall–Kier alpha value is -1.11. The normalized spacial score (nSPS) is 12.8. The van der Waals surface area contributed by atoms with Gasteiger partial charge in [0.1, 0.15) is 0 Å². The molecule has 0 bridgehead atoms. The summed E-state index contributed by atoms with van der Waals surface area (Å²) in [7, 11) is -0.896. The number of aliphatic carboxylic acids is 1. The van der Waals surface area contributed by atoms with Gasteiger partial charge < -0.3 is 15.7 Å². The molecular weight excluding hydrogens is 256 g/mol. The molecule has 0 aliphatic rings. The van der Waals surface area contributed by atoms with Gasteiger partial charge in [-0.1, -0.05) is 6.92 Å². The first-order chi connectivity index (χ1) is 8.26. The van der Waals surface area contributed by atoms with E-state index in [1.165, 1.54) is 0 Å². The molecule has 0 aliphatic heterocycles. The van der Waals surface area contributed by atoms with Crippen LogP contribution in [0.1, 0.15) is 33.6 Å². The third-order valence-electron chi connectivity index (χ3n) is 2.35. The highest BCUT2D eigenvalue weighted by Crippen LogP contribution is 2.10. The molecular formula is C11H22N2O4S. The molecule has 0 aromatic heterocycles. The maximum atomic E-state index is 11.5. The molecule has 0 aromatic rings. The highest BCUT2D eigenvalue weighted by Gasteiger charge is 2.21. The van der Waals surface area contributed by atoms with E-state index in [-0.39, 0.29) is 12.5 Å². The Balaban J connectivity index is 3.91. The van der Waals surface area contributed by atoms with E-state index in [2.05, 4.69) is 10.6 Å². The van der Waals surface area contributed by atoms with Crippen molar-refractivity contribution in [3.8, 4) is 0 Å². The quantitative estimate of drug-likeness (QED) is 0.609. The van der Waals surface area contributed by atoms with Crippen molar-refractivity contribution in [3.05, 3.63) is 0 Å². The molecule has 0 aromatic carbocycles. The largest absolute Gasteiger partial charge is 0.481 e. The van der Waals surface area contributed by atoms with Gasteiger partial charge in [-0.15, -0.1) is 0 Å². The number of rotatable bonds is 8. The number of carboxylic acid groups (broad SMARTS) is 1. The highest BCUT2D eigenvalue weighted by atomic mass is 32.2. The van der Waals surface area contributed by atoms with Gasteiger partial charge in [0.05, 0.1) is 0 Å². The molecule has 0 heterocycles. The Bertz CT molecular complexity index is 318. The van der Waals surface area contributed by atoms with Crippen LogP contribution in [-0.4, -0.2) is 44.9 Å². The van der Waals surface area contributed by atoms with Crippen LogP contribution >= 0.6 is 0 Å². The van der Waals surface area contributed by atoms with Crippen LogP contribution in [0, 0.1) is 0 Å². The average Bonchev–Trinajstić information content (AvgIpc) is 2.25. The monoisotopic (exact) mass is 278 g/mol. The van der Waals surface area contributed by atoms with Gasteiger partial charge in [0.2, 0.25) is 0 Å². The fourth-order valence-electron chi connectivity index (χ4n) is 1.26. The minimum atomic E-state index is -0.896. The van der Waals surface area contributed by atoms with Crippen LogP contribution in [0.3, 0.4) is 0 Å². The molecule has 0 rings (SSSR count). The molecule has 3 N–H and O–H groups in total. The molecule has 1 unspecified atom stereocenters. The van der Waals surface area contributed by atoms with Crippen molar-refractivity contribution >= 4 is 22.8 Å². The van der Waals surface area contributed by atoms with E-state index in [1.807, 2.05) is 6.92 Å². The van der Waals surface area contributed by atoms with Crippen molar-refractivity contribution in [1.82, 2.24) is 10.6 Å². The van der Waals surface area contributed by atoms with Gasteiger partial charge in [-0.25, -0.2) is 4.79 Å². The molecule has 0 aliphatic carbocycles. The first kappa shape index (κ1) is 16.9. The molecule has 6 nitrogen and oxygen atoms in total. The lowest BCUT2D eigenvalue weighted by Crippen LogP contribution is -2.49. The molecule has 1 atom stereocenters. The molecule has 0 radical (unpaired) electrons. The van der Waals surface area contributed by atoms with E-state index in [9.17, 15) is 13.8 Å². The average molecular weight is 278 g/mol. The molecule has 0 saturated carbocycles. The maximum Gasteiger partial charge on any atom is 0.315 e. The molecule has 0 spiro atoms. The zero-order valence-electron chi connectivity index (χ0n) is 11.1. The molecule has 0 fully saturated rings.